The van der Waals surface area contributed by atoms with E-state index in [0.29, 0.717) is 13.4 Å². The molecule has 0 aliphatic rings. The Morgan fingerprint density at radius 1 is 1.36 bits per heavy atom. The molecule has 3 nitrogen and oxygen atoms in total. The van der Waals surface area contributed by atoms with Gasteiger partial charge < -0.3 is 15.2 Å². The lowest BCUT2D eigenvalue weighted by Crippen LogP contribution is -2.26. The minimum Gasteiger partial charge on any atom is -0.354 e. The van der Waals surface area contributed by atoms with E-state index in [1.165, 1.54) is 0 Å². The molecule has 0 aromatic rings. The fourth-order valence-electron chi connectivity index (χ4n) is 0.502. The van der Waals surface area contributed by atoms with Crippen molar-refractivity contribution in [1.82, 2.24) is 0 Å². The summed E-state index contributed by atoms with van der Waals surface area (Å²) in [6.45, 7) is 6.93. The van der Waals surface area contributed by atoms with Gasteiger partial charge in [0.15, 0.2) is 0 Å². The quantitative estimate of drug-likeness (QED) is 0.469. The van der Waals surface area contributed by atoms with E-state index in [4.69, 9.17) is 15.2 Å². The molecule has 0 bridgehead atoms. The molecular formula is C8H19NO2. The number of nitrogens with two attached hydrogens (primary N) is 1. The zero-order valence-corrected chi connectivity index (χ0v) is 7.67. The van der Waals surface area contributed by atoms with Gasteiger partial charge in [0.1, 0.15) is 6.79 Å². The van der Waals surface area contributed by atoms with Crippen LogP contribution in [0.25, 0.3) is 0 Å². The molecule has 0 amide bonds. The molecule has 0 rings (SSSR count). The molecule has 0 saturated heterocycles. The van der Waals surface area contributed by atoms with E-state index in [-0.39, 0.29) is 12.1 Å². The third-order valence-electron chi connectivity index (χ3n) is 1.34. The van der Waals surface area contributed by atoms with Crippen LogP contribution < -0.4 is 5.73 Å². The van der Waals surface area contributed by atoms with Gasteiger partial charge in [-0.1, -0.05) is 6.92 Å². The summed E-state index contributed by atoms with van der Waals surface area (Å²) in [6.07, 6.45) is 1.18. The highest BCUT2D eigenvalue weighted by Gasteiger charge is 1.98. The van der Waals surface area contributed by atoms with Crippen molar-refractivity contribution in [2.45, 2.75) is 39.3 Å². The van der Waals surface area contributed by atoms with Gasteiger partial charge in [-0.05, 0) is 20.3 Å². The second kappa shape index (κ2) is 6.58. The average molecular weight is 161 g/mol. The van der Waals surface area contributed by atoms with Crippen molar-refractivity contribution in [1.29, 1.82) is 0 Å². The van der Waals surface area contributed by atoms with Crippen LogP contribution in [0.1, 0.15) is 27.2 Å². The summed E-state index contributed by atoms with van der Waals surface area (Å²) in [6, 6.07) is 0.144. The summed E-state index contributed by atoms with van der Waals surface area (Å²) in [7, 11) is 0. The van der Waals surface area contributed by atoms with E-state index < -0.39 is 0 Å². The molecule has 0 fully saturated rings. The maximum atomic E-state index is 5.61. The summed E-state index contributed by atoms with van der Waals surface area (Å²) in [4.78, 5) is 0. The minimum absolute atomic E-state index is 0.144. The van der Waals surface area contributed by atoms with Gasteiger partial charge >= 0.3 is 0 Å². The fourth-order valence-corrected chi connectivity index (χ4v) is 0.502. The molecule has 0 heterocycles. The average Bonchev–Trinajstić information content (AvgIpc) is 1.97. The van der Waals surface area contributed by atoms with Crippen LogP contribution in [-0.4, -0.2) is 25.5 Å². The normalized spacial score (nSPS) is 13.9. The van der Waals surface area contributed by atoms with Gasteiger partial charge in [-0.25, -0.2) is 0 Å². The van der Waals surface area contributed by atoms with Crippen molar-refractivity contribution in [3.8, 4) is 0 Å². The van der Waals surface area contributed by atoms with Crippen molar-refractivity contribution < 1.29 is 9.47 Å². The van der Waals surface area contributed by atoms with Gasteiger partial charge in [0, 0.05) is 6.04 Å². The second-order valence-electron chi connectivity index (χ2n) is 2.87. The van der Waals surface area contributed by atoms with Crippen LogP contribution in [0.3, 0.4) is 0 Å². The van der Waals surface area contributed by atoms with Crippen LogP contribution in [-0.2, 0) is 9.47 Å². The monoisotopic (exact) mass is 161 g/mol. The lowest BCUT2D eigenvalue weighted by Gasteiger charge is -2.11. The van der Waals surface area contributed by atoms with Crippen molar-refractivity contribution in [2.75, 3.05) is 13.4 Å². The first-order chi connectivity index (χ1) is 5.16. The molecular weight excluding hydrogens is 142 g/mol. The third kappa shape index (κ3) is 7.78. The van der Waals surface area contributed by atoms with E-state index in [0.717, 1.165) is 6.42 Å². The molecule has 0 spiro atoms. The molecule has 3 heteroatoms. The van der Waals surface area contributed by atoms with E-state index in [1.807, 2.05) is 20.8 Å². The Kier molecular flexibility index (Phi) is 6.51. The zero-order chi connectivity index (χ0) is 8.69. The summed E-state index contributed by atoms with van der Waals surface area (Å²) in [5, 5.41) is 0. The van der Waals surface area contributed by atoms with Gasteiger partial charge in [-0.2, -0.15) is 0 Å². The van der Waals surface area contributed by atoms with Gasteiger partial charge in [-0.15, -0.1) is 0 Å². The van der Waals surface area contributed by atoms with Crippen molar-refractivity contribution in [3.05, 3.63) is 0 Å². The van der Waals surface area contributed by atoms with E-state index >= 15 is 0 Å². The third-order valence-corrected chi connectivity index (χ3v) is 1.34. The molecule has 0 radical (unpaired) electrons. The Hall–Kier alpha value is -0.120. The lowest BCUT2D eigenvalue weighted by molar-refractivity contribution is -0.0815. The molecule has 1 unspecified atom stereocenters. The molecule has 11 heavy (non-hydrogen) atoms. The lowest BCUT2D eigenvalue weighted by atomic mass is 10.3. The van der Waals surface area contributed by atoms with E-state index in [1.54, 1.807) is 0 Å². The molecule has 2 N–H and O–H groups in total. The van der Waals surface area contributed by atoms with Crippen molar-refractivity contribution in [3.63, 3.8) is 0 Å². The summed E-state index contributed by atoms with van der Waals surface area (Å²) in [5.74, 6) is 0. The first-order valence-corrected chi connectivity index (χ1v) is 4.11. The minimum atomic E-state index is 0.144. The number of ether oxygens (including phenoxy) is 2. The summed E-state index contributed by atoms with van der Waals surface area (Å²) in [5.41, 5.74) is 5.61. The molecule has 1 atom stereocenters. The smallest absolute Gasteiger partial charge is 0.147 e. The maximum absolute atomic E-state index is 5.61. The molecule has 68 valence electrons. The molecule has 0 aromatic heterocycles. The summed E-state index contributed by atoms with van der Waals surface area (Å²) < 4.78 is 10.3. The zero-order valence-electron chi connectivity index (χ0n) is 7.67. The Morgan fingerprint density at radius 2 is 2.00 bits per heavy atom. The highest BCUT2D eigenvalue weighted by Crippen LogP contribution is 1.91. The highest BCUT2D eigenvalue weighted by atomic mass is 16.7. The van der Waals surface area contributed by atoms with Gasteiger partial charge in [-0.3, -0.25) is 0 Å². The number of hydrogen-bond donors (Lipinski definition) is 1. The second-order valence-corrected chi connectivity index (χ2v) is 2.87. The predicted molar refractivity (Wildman–Crippen MR) is 45.3 cm³/mol. The molecule has 0 aliphatic carbocycles. The number of rotatable bonds is 6. The molecule has 0 saturated carbocycles. The van der Waals surface area contributed by atoms with Crippen LogP contribution in [0.2, 0.25) is 0 Å². The Balaban J connectivity index is 3.01. The van der Waals surface area contributed by atoms with Crippen molar-refractivity contribution in [2.24, 2.45) is 5.73 Å². The van der Waals surface area contributed by atoms with Crippen molar-refractivity contribution >= 4 is 0 Å². The fraction of sp³-hybridized carbons (Fsp3) is 1.00. The predicted octanol–water partition coefficient (Wildman–Crippen LogP) is 1.12. The van der Waals surface area contributed by atoms with Crippen LogP contribution >= 0.6 is 0 Å². The van der Waals surface area contributed by atoms with Crippen LogP contribution in [0, 0.1) is 0 Å². The Morgan fingerprint density at radius 3 is 2.45 bits per heavy atom. The van der Waals surface area contributed by atoms with E-state index in [2.05, 4.69) is 0 Å². The highest BCUT2D eigenvalue weighted by molar-refractivity contribution is 4.54. The first kappa shape index (κ1) is 10.9. The largest absolute Gasteiger partial charge is 0.354 e. The SMILES string of the molecule is CCC(N)COCOC(C)C. The first-order valence-electron chi connectivity index (χ1n) is 4.11. The number of hydrogen-bond acceptors (Lipinski definition) is 3. The standard InChI is InChI=1S/C8H19NO2/c1-4-8(9)5-10-6-11-7(2)3/h7-8H,4-6,9H2,1-3H3. The maximum Gasteiger partial charge on any atom is 0.147 e. The Bertz CT molecular complexity index is 86.2. The van der Waals surface area contributed by atoms with Gasteiger partial charge in [0.2, 0.25) is 0 Å². The topological polar surface area (TPSA) is 44.5 Å². The van der Waals surface area contributed by atoms with Gasteiger partial charge in [0.25, 0.3) is 0 Å². The molecule has 0 aromatic carbocycles. The van der Waals surface area contributed by atoms with E-state index in [9.17, 15) is 0 Å². The van der Waals surface area contributed by atoms with Crippen LogP contribution in [0.4, 0.5) is 0 Å². The molecule has 0 aliphatic heterocycles. The van der Waals surface area contributed by atoms with Gasteiger partial charge in [0.05, 0.1) is 12.7 Å². The summed E-state index contributed by atoms with van der Waals surface area (Å²) >= 11 is 0. The Labute approximate surface area is 68.9 Å². The van der Waals surface area contributed by atoms with Crippen LogP contribution in [0.5, 0.6) is 0 Å². The van der Waals surface area contributed by atoms with Crippen LogP contribution in [0.15, 0.2) is 0 Å².